The SMILES string of the molecule is Oc1ccc(CNCCc2nccs2)cc1F. The number of nitrogens with one attached hydrogen (secondary N) is 1. The van der Waals surface area contributed by atoms with Crippen molar-refractivity contribution in [2.24, 2.45) is 0 Å². The molecule has 0 bridgehead atoms. The fourth-order valence-corrected chi connectivity index (χ4v) is 2.09. The molecule has 0 fully saturated rings. The number of aromatic hydroxyl groups is 1. The molecule has 0 aliphatic rings. The normalized spacial score (nSPS) is 10.6. The molecule has 0 saturated carbocycles. The monoisotopic (exact) mass is 252 g/mol. The summed E-state index contributed by atoms with van der Waals surface area (Å²) < 4.78 is 13.0. The van der Waals surface area contributed by atoms with Crippen molar-refractivity contribution in [3.63, 3.8) is 0 Å². The maximum Gasteiger partial charge on any atom is 0.165 e. The number of rotatable bonds is 5. The number of phenolic OH excluding ortho intramolecular Hbond substituents is 1. The van der Waals surface area contributed by atoms with Crippen molar-refractivity contribution in [1.29, 1.82) is 0 Å². The second-order valence-electron chi connectivity index (χ2n) is 3.64. The highest BCUT2D eigenvalue weighted by Crippen LogP contribution is 2.15. The zero-order chi connectivity index (χ0) is 12.1. The summed E-state index contributed by atoms with van der Waals surface area (Å²) >= 11 is 1.63. The lowest BCUT2D eigenvalue weighted by molar-refractivity contribution is 0.431. The maximum absolute atomic E-state index is 13.0. The van der Waals surface area contributed by atoms with Gasteiger partial charge in [-0.05, 0) is 17.7 Å². The molecule has 2 rings (SSSR count). The number of phenols is 1. The van der Waals surface area contributed by atoms with Crippen molar-refractivity contribution in [3.05, 3.63) is 46.2 Å². The van der Waals surface area contributed by atoms with E-state index in [1.165, 1.54) is 12.1 Å². The predicted molar refractivity (Wildman–Crippen MR) is 65.6 cm³/mol. The Morgan fingerprint density at radius 3 is 3.00 bits per heavy atom. The van der Waals surface area contributed by atoms with E-state index in [2.05, 4.69) is 10.3 Å². The van der Waals surface area contributed by atoms with Gasteiger partial charge in [-0.25, -0.2) is 9.37 Å². The van der Waals surface area contributed by atoms with Crippen molar-refractivity contribution >= 4 is 11.3 Å². The Morgan fingerprint density at radius 2 is 2.29 bits per heavy atom. The summed E-state index contributed by atoms with van der Waals surface area (Å²) in [6.45, 7) is 1.39. The van der Waals surface area contributed by atoms with Crippen LogP contribution in [0.2, 0.25) is 0 Å². The van der Waals surface area contributed by atoms with Crippen molar-refractivity contribution in [3.8, 4) is 5.75 Å². The third-order valence-corrected chi connectivity index (χ3v) is 3.18. The highest BCUT2D eigenvalue weighted by atomic mass is 32.1. The van der Waals surface area contributed by atoms with E-state index in [0.29, 0.717) is 6.54 Å². The molecule has 0 unspecified atom stereocenters. The van der Waals surface area contributed by atoms with Crippen LogP contribution in [0.15, 0.2) is 29.8 Å². The number of hydrogen-bond acceptors (Lipinski definition) is 4. The molecule has 5 heteroatoms. The third kappa shape index (κ3) is 3.51. The van der Waals surface area contributed by atoms with E-state index in [1.807, 2.05) is 5.38 Å². The van der Waals surface area contributed by atoms with E-state index in [-0.39, 0.29) is 5.75 Å². The number of aromatic nitrogens is 1. The van der Waals surface area contributed by atoms with Crippen LogP contribution in [0.5, 0.6) is 5.75 Å². The quantitative estimate of drug-likeness (QED) is 0.803. The summed E-state index contributed by atoms with van der Waals surface area (Å²) in [5, 5.41) is 15.3. The van der Waals surface area contributed by atoms with Gasteiger partial charge in [0.05, 0.1) is 5.01 Å². The molecule has 0 saturated heterocycles. The van der Waals surface area contributed by atoms with Crippen LogP contribution in [0, 0.1) is 5.82 Å². The Balaban J connectivity index is 1.76. The second-order valence-corrected chi connectivity index (χ2v) is 4.62. The number of nitrogens with zero attached hydrogens (tertiary/aromatic N) is 1. The van der Waals surface area contributed by atoms with Gasteiger partial charge >= 0.3 is 0 Å². The molecule has 1 heterocycles. The number of benzene rings is 1. The first-order chi connectivity index (χ1) is 8.25. The molecule has 3 nitrogen and oxygen atoms in total. The predicted octanol–water partition coefficient (Wildman–Crippen LogP) is 2.32. The van der Waals surface area contributed by atoms with Gasteiger partial charge in [-0.1, -0.05) is 6.07 Å². The van der Waals surface area contributed by atoms with Gasteiger partial charge < -0.3 is 10.4 Å². The molecule has 2 N–H and O–H groups in total. The topological polar surface area (TPSA) is 45.1 Å². The second kappa shape index (κ2) is 5.75. The Hall–Kier alpha value is -1.46. The van der Waals surface area contributed by atoms with E-state index in [0.717, 1.165) is 23.5 Å². The van der Waals surface area contributed by atoms with Crippen LogP contribution in [0.3, 0.4) is 0 Å². The molecule has 0 aliphatic carbocycles. The molecule has 0 aliphatic heterocycles. The first-order valence-electron chi connectivity index (χ1n) is 5.32. The van der Waals surface area contributed by atoms with E-state index in [4.69, 9.17) is 5.11 Å². The molecular formula is C12H13FN2OS. The van der Waals surface area contributed by atoms with Crippen LogP contribution in [-0.4, -0.2) is 16.6 Å². The van der Waals surface area contributed by atoms with E-state index >= 15 is 0 Å². The summed E-state index contributed by atoms with van der Waals surface area (Å²) in [4.78, 5) is 4.17. The smallest absolute Gasteiger partial charge is 0.165 e. The van der Waals surface area contributed by atoms with Gasteiger partial charge in [0, 0.05) is 31.1 Å². The molecule has 0 spiro atoms. The van der Waals surface area contributed by atoms with Gasteiger partial charge in [0.25, 0.3) is 0 Å². The molecule has 1 aromatic carbocycles. The van der Waals surface area contributed by atoms with Gasteiger partial charge in [-0.2, -0.15) is 0 Å². The van der Waals surface area contributed by atoms with Crippen molar-refractivity contribution in [1.82, 2.24) is 10.3 Å². The van der Waals surface area contributed by atoms with Crippen LogP contribution >= 0.6 is 11.3 Å². The molecule has 17 heavy (non-hydrogen) atoms. The van der Waals surface area contributed by atoms with Crippen LogP contribution in [0.25, 0.3) is 0 Å². The molecule has 2 aromatic rings. The van der Waals surface area contributed by atoms with E-state index in [9.17, 15) is 4.39 Å². The fourth-order valence-electron chi connectivity index (χ4n) is 1.46. The Kier molecular flexibility index (Phi) is 4.06. The Labute approximate surface area is 103 Å². The van der Waals surface area contributed by atoms with E-state index < -0.39 is 5.82 Å². The molecule has 0 amide bonds. The largest absolute Gasteiger partial charge is 0.505 e. The van der Waals surface area contributed by atoms with Crippen LogP contribution < -0.4 is 5.32 Å². The van der Waals surface area contributed by atoms with Crippen LogP contribution in [0.4, 0.5) is 4.39 Å². The maximum atomic E-state index is 13.0. The van der Waals surface area contributed by atoms with Gasteiger partial charge in [0.1, 0.15) is 0 Å². The minimum absolute atomic E-state index is 0.309. The lowest BCUT2D eigenvalue weighted by Gasteiger charge is -2.04. The van der Waals surface area contributed by atoms with E-state index in [1.54, 1.807) is 23.6 Å². The first-order valence-corrected chi connectivity index (χ1v) is 6.20. The van der Waals surface area contributed by atoms with Gasteiger partial charge in [0.15, 0.2) is 11.6 Å². The molecule has 90 valence electrons. The summed E-state index contributed by atoms with van der Waals surface area (Å²) in [5.41, 5.74) is 0.819. The number of hydrogen-bond donors (Lipinski definition) is 2. The zero-order valence-electron chi connectivity index (χ0n) is 9.19. The molecular weight excluding hydrogens is 239 g/mol. The minimum atomic E-state index is -0.579. The third-order valence-electron chi connectivity index (χ3n) is 2.34. The lowest BCUT2D eigenvalue weighted by atomic mass is 10.2. The number of halogens is 1. The Morgan fingerprint density at radius 1 is 1.41 bits per heavy atom. The molecule has 0 radical (unpaired) electrons. The highest BCUT2D eigenvalue weighted by Gasteiger charge is 2.01. The van der Waals surface area contributed by atoms with Gasteiger partial charge in [-0.3, -0.25) is 0 Å². The fraction of sp³-hybridized carbons (Fsp3) is 0.250. The highest BCUT2D eigenvalue weighted by molar-refractivity contribution is 7.09. The molecule has 1 aromatic heterocycles. The van der Waals surface area contributed by atoms with Crippen molar-refractivity contribution < 1.29 is 9.50 Å². The van der Waals surface area contributed by atoms with Gasteiger partial charge in [-0.15, -0.1) is 11.3 Å². The molecule has 0 atom stereocenters. The van der Waals surface area contributed by atoms with Crippen LogP contribution in [-0.2, 0) is 13.0 Å². The number of thiazole rings is 1. The summed E-state index contributed by atoms with van der Waals surface area (Å²) in [6, 6.07) is 4.41. The summed E-state index contributed by atoms with van der Waals surface area (Å²) in [6.07, 6.45) is 2.66. The van der Waals surface area contributed by atoms with Gasteiger partial charge in [0.2, 0.25) is 0 Å². The standard InChI is InChI=1S/C12H13FN2OS/c13-10-7-9(1-2-11(10)16)8-14-4-3-12-15-5-6-17-12/h1-2,5-7,14,16H,3-4,8H2. The average molecular weight is 252 g/mol. The summed E-state index contributed by atoms with van der Waals surface area (Å²) in [5.74, 6) is -0.888. The lowest BCUT2D eigenvalue weighted by Crippen LogP contribution is -2.16. The van der Waals surface area contributed by atoms with Crippen molar-refractivity contribution in [2.45, 2.75) is 13.0 Å². The average Bonchev–Trinajstić information content (AvgIpc) is 2.82. The summed E-state index contributed by atoms with van der Waals surface area (Å²) in [7, 11) is 0. The van der Waals surface area contributed by atoms with Crippen LogP contribution in [0.1, 0.15) is 10.6 Å². The first kappa shape index (κ1) is 12.0. The minimum Gasteiger partial charge on any atom is -0.505 e. The Bertz CT molecular complexity index is 473. The van der Waals surface area contributed by atoms with Crippen molar-refractivity contribution in [2.75, 3.05) is 6.54 Å². The zero-order valence-corrected chi connectivity index (χ0v) is 10.0.